The fraction of sp³-hybridized carbons (Fsp3) is 0.571. The number of H-pyrrole nitrogens is 1. The number of hydrogen-bond donors (Lipinski definition) is 2. The summed E-state index contributed by atoms with van der Waals surface area (Å²) < 4.78 is 0. The monoisotopic (exact) mass is 339 g/mol. The van der Waals surface area contributed by atoms with E-state index in [1.807, 2.05) is 6.07 Å². The largest absolute Gasteiger partial charge is 0.358 e. The molecule has 2 atom stereocenters. The first-order valence-corrected chi connectivity index (χ1v) is 9.81. The molecule has 1 fully saturated rings. The van der Waals surface area contributed by atoms with Crippen molar-refractivity contribution >= 4 is 16.8 Å². The Morgan fingerprint density at radius 1 is 1.36 bits per heavy atom. The molecule has 4 rings (SSSR count). The van der Waals surface area contributed by atoms with Gasteiger partial charge in [-0.2, -0.15) is 0 Å². The van der Waals surface area contributed by atoms with Crippen LogP contribution in [0.4, 0.5) is 0 Å². The van der Waals surface area contributed by atoms with Crippen LogP contribution in [0.1, 0.15) is 54.7 Å². The predicted molar refractivity (Wildman–Crippen MR) is 102 cm³/mol. The Bertz CT molecular complexity index is 779. The minimum Gasteiger partial charge on any atom is -0.358 e. The number of amides is 1. The van der Waals surface area contributed by atoms with Gasteiger partial charge < -0.3 is 10.3 Å². The lowest BCUT2D eigenvalue weighted by Crippen LogP contribution is -2.40. The molecule has 0 saturated carbocycles. The minimum absolute atomic E-state index is 0.0589. The first-order valence-electron chi connectivity index (χ1n) is 9.81. The zero-order chi connectivity index (χ0) is 17.4. The van der Waals surface area contributed by atoms with Crippen molar-refractivity contribution in [2.75, 3.05) is 19.6 Å². The molecular formula is C21H29N3O. The standard InChI is InChI=1S/C21H29N3O/c1-3-24-10-4-5-16(24)13-22-21(25)15-7-9-20-18(12-15)17-11-14(2)6-8-19(17)23-20/h7,9,12,14,16,23H,3-6,8,10-11,13H2,1-2H3,(H,22,25)/t14-,16+/m0/s1. The summed E-state index contributed by atoms with van der Waals surface area (Å²) in [6.07, 6.45) is 5.93. The first-order chi connectivity index (χ1) is 12.2. The van der Waals surface area contributed by atoms with Gasteiger partial charge in [0.2, 0.25) is 0 Å². The van der Waals surface area contributed by atoms with Crippen molar-refractivity contribution in [2.45, 2.75) is 52.0 Å². The van der Waals surface area contributed by atoms with Crippen LogP contribution in [-0.2, 0) is 12.8 Å². The van der Waals surface area contributed by atoms with E-state index in [1.165, 1.54) is 41.4 Å². The number of hydrogen-bond acceptors (Lipinski definition) is 2. The van der Waals surface area contributed by atoms with Gasteiger partial charge in [-0.3, -0.25) is 9.69 Å². The molecule has 134 valence electrons. The second kappa shape index (κ2) is 6.83. The van der Waals surface area contributed by atoms with Gasteiger partial charge in [0, 0.05) is 34.7 Å². The minimum atomic E-state index is 0.0589. The fourth-order valence-corrected chi connectivity index (χ4v) is 4.59. The summed E-state index contributed by atoms with van der Waals surface area (Å²) in [5, 5.41) is 4.40. The highest BCUT2D eigenvalue weighted by atomic mass is 16.1. The van der Waals surface area contributed by atoms with E-state index in [4.69, 9.17) is 0 Å². The number of carbonyl (C=O) groups excluding carboxylic acids is 1. The molecule has 0 unspecified atom stereocenters. The van der Waals surface area contributed by atoms with Crippen LogP contribution in [-0.4, -0.2) is 41.5 Å². The van der Waals surface area contributed by atoms with Gasteiger partial charge in [-0.05, 0) is 74.9 Å². The second-order valence-electron chi connectivity index (χ2n) is 7.83. The second-order valence-corrected chi connectivity index (χ2v) is 7.83. The molecule has 2 aliphatic rings. The maximum Gasteiger partial charge on any atom is 0.251 e. The first kappa shape index (κ1) is 16.6. The van der Waals surface area contributed by atoms with Gasteiger partial charge in [-0.25, -0.2) is 0 Å². The number of likely N-dealkylation sites (N-methyl/N-ethyl adjacent to an activating group) is 1. The number of rotatable bonds is 4. The number of nitrogens with zero attached hydrogens (tertiary/aromatic N) is 1. The lowest BCUT2D eigenvalue weighted by Gasteiger charge is -2.22. The average molecular weight is 339 g/mol. The SMILES string of the molecule is CCN1CCC[C@@H]1CNC(=O)c1ccc2[nH]c3c(c2c1)C[C@@H](C)CC3. The summed E-state index contributed by atoms with van der Waals surface area (Å²) in [5.74, 6) is 0.787. The van der Waals surface area contributed by atoms with E-state index >= 15 is 0 Å². The Hall–Kier alpha value is -1.81. The quantitative estimate of drug-likeness (QED) is 0.895. The van der Waals surface area contributed by atoms with E-state index in [9.17, 15) is 4.79 Å². The molecular weight excluding hydrogens is 310 g/mol. The fourth-order valence-electron chi connectivity index (χ4n) is 4.59. The van der Waals surface area contributed by atoms with E-state index in [0.29, 0.717) is 6.04 Å². The highest BCUT2D eigenvalue weighted by Gasteiger charge is 2.24. The zero-order valence-electron chi connectivity index (χ0n) is 15.4. The smallest absolute Gasteiger partial charge is 0.251 e. The molecule has 4 nitrogen and oxygen atoms in total. The molecule has 1 saturated heterocycles. The molecule has 0 radical (unpaired) electrons. The lowest BCUT2D eigenvalue weighted by molar-refractivity contribution is 0.0941. The molecule has 1 aromatic heterocycles. The molecule has 2 aromatic rings. The van der Waals surface area contributed by atoms with Crippen LogP contribution in [0.3, 0.4) is 0 Å². The number of aromatic nitrogens is 1. The summed E-state index contributed by atoms with van der Waals surface area (Å²) >= 11 is 0. The van der Waals surface area contributed by atoms with E-state index in [0.717, 1.165) is 44.0 Å². The van der Waals surface area contributed by atoms with E-state index in [2.05, 4.69) is 41.2 Å². The Labute approximate surface area is 150 Å². The molecule has 2 N–H and O–H groups in total. The van der Waals surface area contributed by atoms with Crippen molar-refractivity contribution in [3.8, 4) is 0 Å². The maximum atomic E-state index is 12.7. The summed E-state index contributed by atoms with van der Waals surface area (Å²) in [4.78, 5) is 18.7. The zero-order valence-corrected chi connectivity index (χ0v) is 15.4. The van der Waals surface area contributed by atoms with Crippen LogP contribution in [0.15, 0.2) is 18.2 Å². The van der Waals surface area contributed by atoms with Gasteiger partial charge >= 0.3 is 0 Å². The van der Waals surface area contributed by atoms with Gasteiger partial charge in [-0.1, -0.05) is 13.8 Å². The number of fused-ring (bicyclic) bond motifs is 3. The molecule has 25 heavy (non-hydrogen) atoms. The lowest BCUT2D eigenvalue weighted by atomic mass is 9.87. The van der Waals surface area contributed by atoms with Crippen molar-refractivity contribution < 1.29 is 4.79 Å². The Balaban J connectivity index is 1.51. The number of carbonyl (C=O) groups is 1. The van der Waals surface area contributed by atoms with Crippen LogP contribution < -0.4 is 5.32 Å². The third kappa shape index (κ3) is 3.20. The number of aryl methyl sites for hydroxylation is 1. The third-order valence-electron chi connectivity index (χ3n) is 6.10. The molecule has 0 spiro atoms. The normalized spacial score (nSPS) is 23.8. The topological polar surface area (TPSA) is 48.1 Å². The summed E-state index contributed by atoms with van der Waals surface area (Å²) in [7, 11) is 0. The summed E-state index contributed by atoms with van der Waals surface area (Å²) in [6, 6.07) is 6.61. The highest BCUT2D eigenvalue weighted by Crippen LogP contribution is 2.32. The van der Waals surface area contributed by atoms with E-state index in [1.54, 1.807) is 0 Å². The molecule has 2 heterocycles. The van der Waals surface area contributed by atoms with Crippen LogP contribution in [0, 0.1) is 5.92 Å². The van der Waals surface area contributed by atoms with Gasteiger partial charge in [0.05, 0.1) is 0 Å². The predicted octanol–water partition coefficient (Wildman–Crippen LogP) is 3.51. The van der Waals surface area contributed by atoms with Gasteiger partial charge in [0.25, 0.3) is 5.91 Å². The van der Waals surface area contributed by atoms with Gasteiger partial charge in [-0.15, -0.1) is 0 Å². The number of aromatic amines is 1. The molecule has 1 aliphatic heterocycles. The van der Waals surface area contributed by atoms with E-state index < -0.39 is 0 Å². The molecule has 1 aromatic carbocycles. The Kier molecular flexibility index (Phi) is 4.55. The third-order valence-corrected chi connectivity index (χ3v) is 6.10. The molecule has 1 aliphatic carbocycles. The summed E-state index contributed by atoms with van der Waals surface area (Å²) in [6.45, 7) is 7.51. The number of nitrogens with one attached hydrogen (secondary N) is 2. The van der Waals surface area contributed by atoms with E-state index in [-0.39, 0.29) is 5.91 Å². The molecule has 0 bridgehead atoms. The highest BCUT2D eigenvalue weighted by molar-refractivity contribution is 5.99. The van der Waals surface area contributed by atoms with Crippen molar-refractivity contribution in [3.05, 3.63) is 35.0 Å². The van der Waals surface area contributed by atoms with Crippen molar-refractivity contribution in [3.63, 3.8) is 0 Å². The average Bonchev–Trinajstić information content (AvgIpc) is 3.22. The Morgan fingerprint density at radius 3 is 3.08 bits per heavy atom. The Morgan fingerprint density at radius 2 is 2.24 bits per heavy atom. The van der Waals surface area contributed by atoms with Crippen molar-refractivity contribution in [2.24, 2.45) is 5.92 Å². The van der Waals surface area contributed by atoms with Gasteiger partial charge in [0.1, 0.15) is 0 Å². The van der Waals surface area contributed by atoms with Crippen molar-refractivity contribution in [1.29, 1.82) is 0 Å². The summed E-state index contributed by atoms with van der Waals surface area (Å²) in [5.41, 5.74) is 4.75. The number of likely N-dealkylation sites (tertiary alicyclic amines) is 1. The molecule has 4 heteroatoms. The molecule has 1 amide bonds. The van der Waals surface area contributed by atoms with Crippen LogP contribution in [0.25, 0.3) is 10.9 Å². The van der Waals surface area contributed by atoms with Crippen LogP contribution in [0.2, 0.25) is 0 Å². The van der Waals surface area contributed by atoms with Crippen LogP contribution in [0.5, 0.6) is 0 Å². The number of benzene rings is 1. The van der Waals surface area contributed by atoms with Crippen molar-refractivity contribution in [1.82, 2.24) is 15.2 Å². The van der Waals surface area contributed by atoms with Gasteiger partial charge in [0.15, 0.2) is 0 Å². The maximum absolute atomic E-state index is 12.7. The van der Waals surface area contributed by atoms with Crippen LogP contribution >= 0.6 is 0 Å².